The fraction of sp³-hybridized carbons (Fsp3) is 0.190. The lowest BCUT2D eigenvalue weighted by atomic mass is 10.2. The maximum absolute atomic E-state index is 13.0. The van der Waals surface area contributed by atoms with E-state index in [9.17, 15) is 22.8 Å². The highest BCUT2D eigenvalue weighted by Gasteiger charge is 2.30. The van der Waals surface area contributed by atoms with Gasteiger partial charge in [0, 0.05) is 19.7 Å². The fourth-order valence-electron chi connectivity index (χ4n) is 3.01. The number of nitrogens with one attached hydrogen (secondary N) is 2. The first kappa shape index (κ1) is 22.0. The molecule has 1 heterocycles. The van der Waals surface area contributed by atoms with Crippen molar-refractivity contribution >= 4 is 39.7 Å². The number of hydrogen-bond donors (Lipinski definition) is 2. The Kier molecular flexibility index (Phi) is 6.71. The molecule has 9 nitrogen and oxygen atoms in total. The summed E-state index contributed by atoms with van der Waals surface area (Å²) in [7, 11) is -2.34. The lowest BCUT2D eigenvalue weighted by molar-refractivity contribution is -0.143. The number of esters is 1. The summed E-state index contributed by atoms with van der Waals surface area (Å²) in [6, 6.07) is 12.8. The number of benzene rings is 2. The minimum Gasteiger partial charge on any atom is -0.452 e. The zero-order valence-corrected chi connectivity index (χ0v) is 17.5. The highest BCUT2D eigenvalue weighted by molar-refractivity contribution is 7.92. The first-order valence-electron chi connectivity index (χ1n) is 9.38. The van der Waals surface area contributed by atoms with Crippen LogP contribution in [-0.2, 0) is 30.8 Å². The third-order valence-electron chi connectivity index (χ3n) is 4.55. The molecule has 0 spiro atoms. The molecule has 2 aromatic rings. The van der Waals surface area contributed by atoms with Crippen molar-refractivity contribution in [3.05, 3.63) is 65.7 Å². The topological polar surface area (TPSA) is 122 Å². The molecule has 0 saturated carbocycles. The van der Waals surface area contributed by atoms with Gasteiger partial charge in [-0.1, -0.05) is 30.3 Å². The van der Waals surface area contributed by atoms with E-state index in [0.29, 0.717) is 24.2 Å². The van der Waals surface area contributed by atoms with E-state index in [-0.39, 0.29) is 4.90 Å². The molecule has 0 atom stereocenters. The average Bonchev–Trinajstić information content (AvgIpc) is 3.21. The Morgan fingerprint density at radius 1 is 1.10 bits per heavy atom. The number of imide groups is 1. The van der Waals surface area contributed by atoms with Gasteiger partial charge in [-0.3, -0.25) is 14.4 Å². The van der Waals surface area contributed by atoms with Crippen LogP contribution in [0.15, 0.2) is 59.5 Å². The third kappa shape index (κ3) is 5.28. The second-order valence-electron chi connectivity index (χ2n) is 6.59. The van der Waals surface area contributed by atoms with Gasteiger partial charge in [0.25, 0.3) is 15.9 Å². The van der Waals surface area contributed by atoms with Gasteiger partial charge in [-0.05, 0) is 41.8 Å². The molecule has 0 aliphatic carbocycles. The zero-order valence-electron chi connectivity index (χ0n) is 16.7. The molecule has 0 saturated heterocycles. The van der Waals surface area contributed by atoms with Gasteiger partial charge in [0.1, 0.15) is 0 Å². The van der Waals surface area contributed by atoms with Gasteiger partial charge in [0.2, 0.25) is 0 Å². The number of ether oxygens (including phenoxy) is 1. The average molecular weight is 443 g/mol. The van der Waals surface area contributed by atoms with E-state index in [1.807, 2.05) is 23.5 Å². The second kappa shape index (κ2) is 9.43. The molecule has 0 fully saturated rings. The number of anilines is 1. The van der Waals surface area contributed by atoms with E-state index < -0.39 is 34.5 Å². The summed E-state index contributed by atoms with van der Waals surface area (Å²) < 4.78 is 32.1. The summed E-state index contributed by atoms with van der Waals surface area (Å²) in [5, 5.41) is 4.15. The Bertz CT molecular complexity index is 1130. The lowest BCUT2D eigenvalue weighted by Gasteiger charge is -2.19. The maximum atomic E-state index is 13.0. The molecule has 2 aromatic carbocycles. The van der Waals surface area contributed by atoms with Crippen LogP contribution in [0.25, 0.3) is 6.08 Å². The largest absolute Gasteiger partial charge is 0.452 e. The molecule has 1 aliphatic heterocycles. The molecule has 1 aliphatic rings. The SMILES string of the molecule is CNC(=O)NC(=O)COC(=O)/C=C/c1ccc(S(=O)(=O)N2CCc3ccccc32)cc1. The van der Waals surface area contributed by atoms with Gasteiger partial charge in [0.15, 0.2) is 6.61 Å². The first-order chi connectivity index (χ1) is 14.8. The minimum absolute atomic E-state index is 0.148. The smallest absolute Gasteiger partial charge is 0.331 e. The summed E-state index contributed by atoms with van der Waals surface area (Å²) in [6.07, 6.45) is 3.20. The van der Waals surface area contributed by atoms with Crippen molar-refractivity contribution in [3.8, 4) is 0 Å². The van der Waals surface area contributed by atoms with Gasteiger partial charge in [-0.2, -0.15) is 0 Å². The van der Waals surface area contributed by atoms with Crippen molar-refractivity contribution < 1.29 is 27.5 Å². The van der Waals surface area contributed by atoms with Gasteiger partial charge >= 0.3 is 12.0 Å². The standard InChI is InChI=1S/C21H21N3O6S/c1-22-21(27)23-19(25)14-30-20(26)11-8-15-6-9-17(10-7-15)31(28,29)24-13-12-16-4-2-3-5-18(16)24/h2-11H,12-14H2,1H3,(H2,22,23,25,27)/b11-8+. The van der Waals surface area contributed by atoms with Gasteiger partial charge < -0.3 is 10.1 Å². The van der Waals surface area contributed by atoms with Crippen LogP contribution in [0.4, 0.5) is 10.5 Å². The van der Waals surface area contributed by atoms with Gasteiger partial charge in [-0.15, -0.1) is 0 Å². The number of para-hydroxylation sites is 1. The number of fused-ring (bicyclic) bond motifs is 1. The van der Waals surface area contributed by atoms with Crippen molar-refractivity contribution in [2.75, 3.05) is 24.5 Å². The van der Waals surface area contributed by atoms with E-state index in [2.05, 4.69) is 5.32 Å². The van der Waals surface area contributed by atoms with E-state index in [4.69, 9.17) is 4.74 Å². The number of sulfonamides is 1. The summed E-state index contributed by atoms with van der Waals surface area (Å²) in [4.78, 5) is 34.2. The highest BCUT2D eigenvalue weighted by atomic mass is 32.2. The fourth-order valence-corrected chi connectivity index (χ4v) is 4.51. The Hall–Kier alpha value is -3.66. The molecule has 0 bridgehead atoms. The van der Waals surface area contributed by atoms with Crippen LogP contribution in [0.5, 0.6) is 0 Å². The monoisotopic (exact) mass is 443 g/mol. The summed E-state index contributed by atoms with van der Waals surface area (Å²) >= 11 is 0. The molecule has 3 amide bonds. The molecule has 10 heteroatoms. The molecular formula is C21H21N3O6S. The first-order valence-corrected chi connectivity index (χ1v) is 10.8. The van der Waals surface area contributed by atoms with E-state index in [1.54, 1.807) is 18.2 Å². The molecule has 3 rings (SSSR count). The van der Waals surface area contributed by atoms with Crippen LogP contribution in [0.3, 0.4) is 0 Å². The lowest BCUT2D eigenvalue weighted by Crippen LogP contribution is -2.39. The highest BCUT2D eigenvalue weighted by Crippen LogP contribution is 2.32. The number of urea groups is 1. The predicted octanol–water partition coefficient (Wildman–Crippen LogP) is 1.45. The number of rotatable bonds is 6. The van der Waals surface area contributed by atoms with E-state index >= 15 is 0 Å². The van der Waals surface area contributed by atoms with Crippen LogP contribution in [0.2, 0.25) is 0 Å². The molecule has 2 N–H and O–H groups in total. The normalized spacial score (nSPS) is 13.0. The summed E-state index contributed by atoms with van der Waals surface area (Å²) in [5.74, 6) is -1.54. The van der Waals surface area contributed by atoms with Crippen molar-refractivity contribution in [1.29, 1.82) is 0 Å². The quantitative estimate of drug-likeness (QED) is 0.515. The van der Waals surface area contributed by atoms with E-state index in [0.717, 1.165) is 11.6 Å². The Morgan fingerprint density at radius 2 is 1.81 bits per heavy atom. The van der Waals surface area contributed by atoms with Crippen molar-refractivity contribution in [2.45, 2.75) is 11.3 Å². The molecule has 0 unspecified atom stereocenters. The molecule has 162 valence electrons. The Labute approximate surface area is 179 Å². The molecule has 0 aromatic heterocycles. The number of hydrogen-bond acceptors (Lipinski definition) is 6. The third-order valence-corrected chi connectivity index (χ3v) is 6.38. The van der Waals surface area contributed by atoms with Crippen molar-refractivity contribution in [1.82, 2.24) is 10.6 Å². The van der Waals surface area contributed by atoms with Crippen LogP contribution >= 0.6 is 0 Å². The van der Waals surface area contributed by atoms with Crippen LogP contribution in [0.1, 0.15) is 11.1 Å². The molecule has 31 heavy (non-hydrogen) atoms. The minimum atomic E-state index is -3.69. The maximum Gasteiger partial charge on any atom is 0.331 e. The zero-order chi connectivity index (χ0) is 22.4. The summed E-state index contributed by atoms with van der Waals surface area (Å²) in [6.45, 7) is -0.215. The van der Waals surface area contributed by atoms with Gasteiger partial charge in [0.05, 0.1) is 10.6 Å². The van der Waals surface area contributed by atoms with Crippen LogP contribution in [0, 0.1) is 0 Å². The Balaban J connectivity index is 1.61. The number of amides is 3. The van der Waals surface area contributed by atoms with Crippen LogP contribution in [-0.4, -0.2) is 46.5 Å². The molecule has 0 radical (unpaired) electrons. The number of carbonyl (C=O) groups is 3. The number of carbonyl (C=O) groups excluding carboxylic acids is 3. The van der Waals surface area contributed by atoms with Gasteiger partial charge in [-0.25, -0.2) is 18.0 Å². The summed E-state index contributed by atoms with van der Waals surface area (Å²) in [5.41, 5.74) is 2.26. The van der Waals surface area contributed by atoms with Crippen molar-refractivity contribution in [2.24, 2.45) is 0 Å². The van der Waals surface area contributed by atoms with Crippen LogP contribution < -0.4 is 14.9 Å². The Morgan fingerprint density at radius 3 is 2.52 bits per heavy atom. The second-order valence-corrected chi connectivity index (χ2v) is 8.46. The van der Waals surface area contributed by atoms with Crippen molar-refractivity contribution in [3.63, 3.8) is 0 Å². The number of nitrogens with zero attached hydrogens (tertiary/aromatic N) is 1. The molecular weight excluding hydrogens is 422 g/mol. The van der Waals surface area contributed by atoms with E-state index in [1.165, 1.54) is 29.6 Å². The predicted molar refractivity (Wildman–Crippen MR) is 114 cm³/mol.